The van der Waals surface area contributed by atoms with Gasteiger partial charge in [-0.05, 0) is 59.8 Å². The molecule has 1 heterocycles. The first-order chi connectivity index (χ1) is 10.6. The molecule has 2 aromatic rings. The fourth-order valence-corrected chi connectivity index (χ4v) is 2.60. The third kappa shape index (κ3) is 3.40. The van der Waals surface area contributed by atoms with E-state index in [9.17, 15) is 13.6 Å². The second-order valence-corrected chi connectivity index (χ2v) is 5.53. The molecule has 0 bridgehead atoms. The summed E-state index contributed by atoms with van der Waals surface area (Å²) in [6.45, 7) is 0. The quantitative estimate of drug-likeness (QED) is 0.887. The number of hydrogen-bond donors (Lipinski definition) is 1. The maximum Gasteiger partial charge on any atom is 0.289 e. The Labute approximate surface area is 129 Å². The molecule has 0 radical (unpaired) electrons. The predicted octanol–water partition coefficient (Wildman–Crippen LogP) is 4.49. The standard InChI is InChI=1S/C16H10F2N2OS/c17-11-3-1-10(2-4-11)9-14-15(20-16(21)22-14)19-13-7-5-12(18)6-8-13/h1-9H,(H,19,20,21)/b14-9-. The summed E-state index contributed by atoms with van der Waals surface area (Å²) in [6, 6.07) is 11.6. The number of rotatable bonds is 2. The van der Waals surface area contributed by atoms with Crippen LogP contribution in [0.3, 0.4) is 0 Å². The maximum atomic E-state index is 12.9. The molecule has 22 heavy (non-hydrogen) atoms. The number of nitrogens with zero attached hydrogens (tertiary/aromatic N) is 1. The average Bonchev–Trinajstić information content (AvgIpc) is 2.83. The van der Waals surface area contributed by atoms with E-state index in [2.05, 4.69) is 10.3 Å². The van der Waals surface area contributed by atoms with Crippen LogP contribution in [-0.2, 0) is 0 Å². The Kier molecular flexibility index (Phi) is 4.02. The summed E-state index contributed by atoms with van der Waals surface area (Å²) >= 11 is 1.01. The molecule has 0 spiro atoms. The van der Waals surface area contributed by atoms with Gasteiger partial charge in [0.1, 0.15) is 17.5 Å². The SMILES string of the molecule is O=C1NC(=Nc2ccc(F)cc2)/C(=C/c2ccc(F)cc2)S1. The minimum absolute atomic E-state index is 0.241. The first-order valence-electron chi connectivity index (χ1n) is 6.41. The molecular formula is C16H10F2N2OS. The van der Waals surface area contributed by atoms with Crippen molar-refractivity contribution in [3.63, 3.8) is 0 Å². The summed E-state index contributed by atoms with van der Waals surface area (Å²) in [5, 5.41) is 2.40. The molecule has 1 saturated heterocycles. The number of halogens is 2. The second-order valence-electron chi connectivity index (χ2n) is 4.51. The summed E-state index contributed by atoms with van der Waals surface area (Å²) in [7, 11) is 0. The molecule has 3 rings (SSSR count). The number of carbonyl (C=O) groups is 1. The molecule has 1 amide bonds. The number of nitrogens with one attached hydrogen (secondary N) is 1. The molecule has 1 fully saturated rings. The van der Waals surface area contributed by atoms with Crippen molar-refractivity contribution in [2.75, 3.05) is 0 Å². The van der Waals surface area contributed by atoms with Crippen molar-refractivity contribution < 1.29 is 13.6 Å². The third-order valence-corrected chi connectivity index (χ3v) is 3.71. The fraction of sp³-hybridized carbons (Fsp3) is 0. The lowest BCUT2D eigenvalue weighted by Crippen LogP contribution is -2.18. The Hall–Kier alpha value is -2.47. The van der Waals surface area contributed by atoms with Gasteiger partial charge in [-0.25, -0.2) is 13.8 Å². The van der Waals surface area contributed by atoms with Crippen molar-refractivity contribution in [3.05, 3.63) is 70.6 Å². The van der Waals surface area contributed by atoms with E-state index in [0.29, 0.717) is 16.4 Å². The highest BCUT2D eigenvalue weighted by atomic mass is 32.2. The van der Waals surface area contributed by atoms with Gasteiger partial charge in [0.2, 0.25) is 0 Å². The van der Waals surface area contributed by atoms with Crippen LogP contribution in [-0.4, -0.2) is 11.1 Å². The van der Waals surface area contributed by atoms with Crippen LogP contribution in [0.2, 0.25) is 0 Å². The van der Waals surface area contributed by atoms with Gasteiger partial charge in [-0.3, -0.25) is 4.79 Å². The van der Waals surface area contributed by atoms with Crippen LogP contribution < -0.4 is 5.32 Å². The van der Waals surface area contributed by atoms with E-state index in [1.807, 2.05) is 0 Å². The predicted molar refractivity (Wildman–Crippen MR) is 84.0 cm³/mol. The largest absolute Gasteiger partial charge is 0.300 e. The van der Waals surface area contributed by atoms with Crippen molar-refractivity contribution in [1.29, 1.82) is 0 Å². The smallest absolute Gasteiger partial charge is 0.289 e. The molecule has 6 heteroatoms. The van der Waals surface area contributed by atoms with E-state index in [4.69, 9.17) is 0 Å². The van der Waals surface area contributed by atoms with Gasteiger partial charge in [0.15, 0.2) is 0 Å². The van der Waals surface area contributed by atoms with Crippen LogP contribution in [0.5, 0.6) is 0 Å². The highest BCUT2D eigenvalue weighted by Gasteiger charge is 2.23. The van der Waals surface area contributed by atoms with Gasteiger partial charge in [0.25, 0.3) is 5.24 Å². The molecular weight excluding hydrogens is 306 g/mol. The van der Waals surface area contributed by atoms with Crippen LogP contribution in [0.4, 0.5) is 19.3 Å². The van der Waals surface area contributed by atoms with Gasteiger partial charge in [0, 0.05) is 0 Å². The fourth-order valence-electron chi connectivity index (χ4n) is 1.87. The molecule has 0 atom stereocenters. The van der Waals surface area contributed by atoms with E-state index in [0.717, 1.165) is 17.3 Å². The zero-order valence-electron chi connectivity index (χ0n) is 11.2. The lowest BCUT2D eigenvalue weighted by molar-refractivity contribution is 0.265. The molecule has 0 unspecified atom stereocenters. The topological polar surface area (TPSA) is 41.5 Å². The molecule has 0 aromatic heterocycles. The molecule has 3 nitrogen and oxygen atoms in total. The Balaban J connectivity index is 1.93. The Morgan fingerprint density at radius 2 is 1.55 bits per heavy atom. The maximum absolute atomic E-state index is 12.9. The lowest BCUT2D eigenvalue weighted by Gasteiger charge is -2.00. The molecule has 1 aliphatic rings. The molecule has 0 saturated carbocycles. The van der Waals surface area contributed by atoms with Crippen LogP contribution in [0.15, 0.2) is 58.4 Å². The summed E-state index contributed by atoms with van der Waals surface area (Å²) in [5.41, 5.74) is 1.29. The first-order valence-corrected chi connectivity index (χ1v) is 7.22. The zero-order valence-corrected chi connectivity index (χ0v) is 12.0. The Morgan fingerprint density at radius 3 is 2.18 bits per heavy atom. The Bertz CT molecular complexity index is 702. The third-order valence-electron chi connectivity index (χ3n) is 2.89. The minimum atomic E-state index is -0.351. The highest BCUT2D eigenvalue weighted by molar-refractivity contribution is 8.18. The number of thioether (sulfide) groups is 1. The van der Waals surface area contributed by atoms with Gasteiger partial charge in [-0.1, -0.05) is 12.1 Å². The van der Waals surface area contributed by atoms with Crippen molar-refractivity contribution in [2.24, 2.45) is 4.99 Å². The van der Waals surface area contributed by atoms with Gasteiger partial charge in [-0.2, -0.15) is 0 Å². The normalized spacial score (nSPS) is 18.0. The van der Waals surface area contributed by atoms with Crippen molar-refractivity contribution in [2.45, 2.75) is 0 Å². The number of amidine groups is 1. The lowest BCUT2D eigenvalue weighted by atomic mass is 10.2. The van der Waals surface area contributed by atoms with Crippen molar-refractivity contribution in [1.82, 2.24) is 5.32 Å². The molecule has 0 aliphatic carbocycles. The van der Waals surface area contributed by atoms with Gasteiger partial charge >= 0.3 is 0 Å². The number of benzene rings is 2. The van der Waals surface area contributed by atoms with E-state index in [1.54, 1.807) is 18.2 Å². The number of hydrogen-bond acceptors (Lipinski definition) is 3. The molecule has 2 aromatic carbocycles. The summed E-state index contributed by atoms with van der Waals surface area (Å²) in [4.78, 5) is 16.5. The van der Waals surface area contributed by atoms with E-state index in [-0.39, 0.29) is 16.9 Å². The van der Waals surface area contributed by atoms with Gasteiger partial charge in [-0.15, -0.1) is 0 Å². The first kappa shape index (κ1) is 14.5. The second kappa shape index (κ2) is 6.11. The van der Waals surface area contributed by atoms with Crippen LogP contribution in [0.25, 0.3) is 6.08 Å². The number of aliphatic imine (C=N–C) groups is 1. The van der Waals surface area contributed by atoms with Gasteiger partial charge in [0.05, 0.1) is 10.6 Å². The summed E-state index contributed by atoms with van der Waals surface area (Å²) in [6.07, 6.45) is 1.74. The zero-order chi connectivity index (χ0) is 15.5. The van der Waals surface area contributed by atoms with E-state index >= 15 is 0 Å². The van der Waals surface area contributed by atoms with Crippen LogP contribution in [0, 0.1) is 11.6 Å². The van der Waals surface area contributed by atoms with Crippen LogP contribution >= 0.6 is 11.8 Å². The summed E-state index contributed by atoms with van der Waals surface area (Å²) in [5.74, 6) is -0.280. The van der Waals surface area contributed by atoms with E-state index in [1.165, 1.54) is 36.4 Å². The minimum Gasteiger partial charge on any atom is -0.300 e. The average molecular weight is 316 g/mol. The number of carbonyl (C=O) groups excluding carboxylic acids is 1. The van der Waals surface area contributed by atoms with Crippen molar-refractivity contribution in [3.8, 4) is 0 Å². The molecule has 110 valence electrons. The highest BCUT2D eigenvalue weighted by Crippen LogP contribution is 2.28. The van der Waals surface area contributed by atoms with Gasteiger partial charge < -0.3 is 5.32 Å². The number of amides is 1. The summed E-state index contributed by atoms with van der Waals surface area (Å²) < 4.78 is 25.8. The van der Waals surface area contributed by atoms with Crippen LogP contribution in [0.1, 0.15) is 5.56 Å². The monoisotopic (exact) mass is 316 g/mol. The molecule has 1 aliphatic heterocycles. The van der Waals surface area contributed by atoms with E-state index < -0.39 is 0 Å². The Morgan fingerprint density at radius 1 is 0.955 bits per heavy atom. The molecule has 1 N–H and O–H groups in total. The van der Waals surface area contributed by atoms with Crippen molar-refractivity contribution >= 4 is 34.6 Å².